The van der Waals surface area contributed by atoms with Gasteiger partial charge >= 0.3 is 0 Å². The number of hydrogen-bond donors (Lipinski definition) is 1. The summed E-state index contributed by atoms with van der Waals surface area (Å²) in [6.45, 7) is 4.29. The summed E-state index contributed by atoms with van der Waals surface area (Å²) in [6, 6.07) is 5.87. The van der Waals surface area contributed by atoms with E-state index in [4.69, 9.17) is 13.7 Å². The van der Waals surface area contributed by atoms with Crippen LogP contribution in [-0.4, -0.2) is 47.3 Å². The molecule has 134 valence electrons. The predicted octanol–water partition coefficient (Wildman–Crippen LogP) is 1.99. The van der Waals surface area contributed by atoms with E-state index in [2.05, 4.69) is 22.3 Å². The average molecular weight is 345 g/mol. The number of fused-ring (bicyclic) bond motifs is 1. The summed E-state index contributed by atoms with van der Waals surface area (Å²) < 4.78 is 16.8. The van der Waals surface area contributed by atoms with Crippen LogP contribution in [0, 0.1) is 0 Å². The standard InChI is InChI=1S/C18H23N3O4/c1-2-12-5-6-13(24-12)10-21-11-14(17-15(21)4-3-9-23-17)20-18(22)16-7-8-19-25-16/h5-8,14-15,17H,2-4,9-11H2,1H3,(H,20,22)/t14-,15-,17-/m0/s1. The molecule has 25 heavy (non-hydrogen) atoms. The number of likely N-dealkylation sites (tertiary alicyclic amines) is 1. The molecule has 0 aliphatic carbocycles. The van der Waals surface area contributed by atoms with Crippen molar-refractivity contribution in [2.24, 2.45) is 0 Å². The van der Waals surface area contributed by atoms with Gasteiger partial charge in [-0.2, -0.15) is 0 Å². The van der Waals surface area contributed by atoms with Gasteiger partial charge in [-0.3, -0.25) is 9.69 Å². The van der Waals surface area contributed by atoms with E-state index in [0.717, 1.165) is 50.5 Å². The lowest BCUT2D eigenvalue weighted by Gasteiger charge is -2.32. The minimum atomic E-state index is -0.247. The van der Waals surface area contributed by atoms with Crippen LogP contribution in [0.1, 0.15) is 41.8 Å². The van der Waals surface area contributed by atoms with Gasteiger partial charge in [0.05, 0.1) is 24.9 Å². The fourth-order valence-corrected chi connectivity index (χ4v) is 3.83. The number of rotatable bonds is 5. The number of amides is 1. The van der Waals surface area contributed by atoms with Gasteiger partial charge in [-0.05, 0) is 25.0 Å². The summed E-state index contributed by atoms with van der Waals surface area (Å²) in [5.74, 6) is 1.94. The maximum atomic E-state index is 12.3. The molecule has 2 aromatic rings. The summed E-state index contributed by atoms with van der Waals surface area (Å²) >= 11 is 0. The van der Waals surface area contributed by atoms with Crippen LogP contribution in [0.4, 0.5) is 0 Å². The summed E-state index contributed by atoms with van der Waals surface area (Å²) in [6.07, 6.45) is 4.48. The average Bonchev–Trinajstić information content (AvgIpc) is 3.37. The van der Waals surface area contributed by atoms with Crippen LogP contribution in [0.2, 0.25) is 0 Å². The van der Waals surface area contributed by atoms with Crippen LogP contribution in [0.25, 0.3) is 0 Å². The topological polar surface area (TPSA) is 80.7 Å². The summed E-state index contributed by atoms with van der Waals surface area (Å²) in [5, 5.41) is 6.63. The Bertz CT molecular complexity index is 712. The first-order valence-electron chi connectivity index (χ1n) is 8.89. The molecule has 0 unspecified atom stereocenters. The first-order valence-corrected chi connectivity index (χ1v) is 8.89. The van der Waals surface area contributed by atoms with Crippen molar-refractivity contribution in [2.45, 2.75) is 50.9 Å². The maximum absolute atomic E-state index is 12.3. The summed E-state index contributed by atoms with van der Waals surface area (Å²) in [7, 11) is 0. The third-order valence-corrected chi connectivity index (χ3v) is 5.03. The van der Waals surface area contributed by atoms with Crippen LogP contribution < -0.4 is 5.32 Å². The number of nitrogens with zero attached hydrogens (tertiary/aromatic N) is 2. The number of ether oxygens (including phenoxy) is 1. The van der Waals surface area contributed by atoms with Gasteiger partial charge in [-0.25, -0.2) is 0 Å². The lowest BCUT2D eigenvalue weighted by atomic mass is 10.0. The highest BCUT2D eigenvalue weighted by atomic mass is 16.5. The van der Waals surface area contributed by atoms with Gasteiger partial charge < -0.3 is 19.0 Å². The zero-order valence-electron chi connectivity index (χ0n) is 14.3. The molecule has 2 aliphatic rings. The zero-order chi connectivity index (χ0) is 17.2. The van der Waals surface area contributed by atoms with Crippen LogP contribution in [0.5, 0.6) is 0 Å². The Morgan fingerprint density at radius 1 is 1.36 bits per heavy atom. The molecule has 0 spiro atoms. The van der Waals surface area contributed by atoms with Crippen molar-refractivity contribution >= 4 is 5.91 Å². The van der Waals surface area contributed by atoms with Crippen molar-refractivity contribution in [1.29, 1.82) is 0 Å². The van der Waals surface area contributed by atoms with Gasteiger partial charge in [0.25, 0.3) is 5.91 Å². The first kappa shape index (κ1) is 16.4. The molecule has 0 bridgehead atoms. The fraction of sp³-hybridized carbons (Fsp3) is 0.556. The smallest absolute Gasteiger partial charge is 0.290 e. The van der Waals surface area contributed by atoms with Crippen LogP contribution >= 0.6 is 0 Å². The highest BCUT2D eigenvalue weighted by Gasteiger charge is 2.45. The minimum absolute atomic E-state index is 0.00114. The largest absolute Gasteiger partial charge is 0.465 e. The molecule has 0 radical (unpaired) electrons. The number of nitrogens with one attached hydrogen (secondary N) is 1. The van der Waals surface area contributed by atoms with E-state index >= 15 is 0 Å². The molecule has 0 saturated carbocycles. The number of carbonyl (C=O) groups excluding carboxylic acids is 1. The van der Waals surface area contributed by atoms with E-state index < -0.39 is 0 Å². The Hall–Kier alpha value is -2.12. The van der Waals surface area contributed by atoms with Gasteiger partial charge in [0.15, 0.2) is 0 Å². The molecule has 1 N–H and O–H groups in total. The van der Waals surface area contributed by atoms with E-state index in [1.807, 2.05) is 12.1 Å². The third-order valence-electron chi connectivity index (χ3n) is 5.03. The Labute approximate surface area is 146 Å². The monoisotopic (exact) mass is 345 g/mol. The number of hydrogen-bond acceptors (Lipinski definition) is 6. The zero-order valence-corrected chi connectivity index (χ0v) is 14.3. The van der Waals surface area contributed by atoms with E-state index in [0.29, 0.717) is 6.04 Å². The van der Waals surface area contributed by atoms with Crippen molar-refractivity contribution in [3.05, 3.63) is 41.7 Å². The summed E-state index contributed by atoms with van der Waals surface area (Å²) in [4.78, 5) is 14.7. The number of furan rings is 1. The van der Waals surface area contributed by atoms with Crippen LogP contribution in [0.15, 0.2) is 33.3 Å². The molecule has 0 aromatic carbocycles. The van der Waals surface area contributed by atoms with Crippen molar-refractivity contribution in [3.8, 4) is 0 Å². The number of aryl methyl sites for hydroxylation is 1. The lowest BCUT2D eigenvalue weighted by molar-refractivity contribution is -0.0220. The van der Waals surface area contributed by atoms with E-state index in [1.165, 1.54) is 6.20 Å². The van der Waals surface area contributed by atoms with Gasteiger partial charge in [-0.15, -0.1) is 0 Å². The van der Waals surface area contributed by atoms with Gasteiger partial charge in [0, 0.05) is 31.7 Å². The lowest BCUT2D eigenvalue weighted by Crippen LogP contribution is -2.47. The van der Waals surface area contributed by atoms with E-state index in [-0.39, 0.29) is 23.8 Å². The van der Waals surface area contributed by atoms with Gasteiger partial charge in [-0.1, -0.05) is 12.1 Å². The SMILES string of the molecule is CCc1ccc(CN2C[C@H](NC(=O)c3ccno3)[C@@H]3OCCC[C@@H]32)o1. The fourth-order valence-electron chi connectivity index (χ4n) is 3.83. The first-order chi connectivity index (χ1) is 12.2. The number of aromatic nitrogens is 1. The highest BCUT2D eigenvalue weighted by molar-refractivity contribution is 5.91. The normalized spacial score (nSPS) is 26.5. The van der Waals surface area contributed by atoms with Crippen molar-refractivity contribution in [3.63, 3.8) is 0 Å². The van der Waals surface area contributed by atoms with Gasteiger partial charge in [0.1, 0.15) is 11.5 Å². The number of carbonyl (C=O) groups is 1. The Morgan fingerprint density at radius 2 is 2.24 bits per heavy atom. The molecular formula is C18H23N3O4. The Balaban J connectivity index is 1.46. The molecule has 4 rings (SSSR count). The second kappa shape index (κ2) is 7.01. The summed E-state index contributed by atoms with van der Waals surface area (Å²) in [5.41, 5.74) is 0. The molecule has 1 amide bonds. The van der Waals surface area contributed by atoms with Crippen molar-refractivity contribution in [1.82, 2.24) is 15.4 Å². The third kappa shape index (κ3) is 3.34. The Kier molecular flexibility index (Phi) is 4.59. The minimum Gasteiger partial charge on any atom is -0.465 e. The van der Waals surface area contributed by atoms with E-state index in [9.17, 15) is 4.79 Å². The molecule has 7 nitrogen and oxygen atoms in total. The molecule has 4 heterocycles. The van der Waals surface area contributed by atoms with Gasteiger partial charge in [0.2, 0.25) is 5.76 Å². The maximum Gasteiger partial charge on any atom is 0.290 e. The Morgan fingerprint density at radius 3 is 3.00 bits per heavy atom. The highest BCUT2D eigenvalue weighted by Crippen LogP contribution is 2.30. The molecular weight excluding hydrogens is 322 g/mol. The second-order valence-corrected chi connectivity index (χ2v) is 6.65. The molecule has 2 fully saturated rings. The molecule has 7 heteroatoms. The second-order valence-electron chi connectivity index (χ2n) is 6.65. The predicted molar refractivity (Wildman–Crippen MR) is 89.0 cm³/mol. The molecule has 2 saturated heterocycles. The molecule has 2 aliphatic heterocycles. The van der Waals surface area contributed by atoms with Crippen LogP contribution in [0.3, 0.4) is 0 Å². The van der Waals surface area contributed by atoms with Crippen LogP contribution in [-0.2, 0) is 17.7 Å². The quantitative estimate of drug-likeness (QED) is 0.893. The van der Waals surface area contributed by atoms with E-state index in [1.54, 1.807) is 6.07 Å². The van der Waals surface area contributed by atoms with Crippen molar-refractivity contribution in [2.75, 3.05) is 13.2 Å². The van der Waals surface area contributed by atoms with Crippen molar-refractivity contribution < 1.29 is 18.5 Å². The molecule has 3 atom stereocenters. The molecule has 2 aromatic heterocycles.